The molecule has 3 aliphatic rings. The molecule has 0 unspecified atom stereocenters. The first-order chi connectivity index (χ1) is 15.9. The van der Waals surface area contributed by atoms with Gasteiger partial charge in [-0.25, -0.2) is 0 Å². The first-order valence-corrected chi connectivity index (χ1v) is 11.5. The first-order valence-electron chi connectivity index (χ1n) is 11.5. The number of aromatic amines is 1. The van der Waals surface area contributed by atoms with Crippen LogP contribution in [0.2, 0.25) is 0 Å². The molecule has 2 aliphatic carbocycles. The molecule has 0 bridgehead atoms. The number of fused-ring (bicyclic) bond motifs is 2. The second-order valence-electron chi connectivity index (χ2n) is 9.70. The van der Waals surface area contributed by atoms with Gasteiger partial charge in [0.1, 0.15) is 18.1 Å². The number of likely N-dealkylation sites (N-methyl/N-ethyl adjacent to an activating group) is 1. The lowest BCUT2D eigenvalue weighted by Crippen LogP contribution is -2.35. The van der Waals surface area contributed by atoms with Crippen LogP contribution in [0.25, 0.3) is 10.9 Å². The van der Waals surface area contributed by atoms with Crippen molar-refractivity contribution in [2.75, 3.05) is 33.8 Å². The van der Waals surface area contributed by atoms with Crippen molar-refractivity contribution in [3.63, 3.8) is 0 Å². The molecule has 176 valence electrons. The molecule has 0 radical (unpaired) electrons. The number of ether oxygens (including phenoxy) is 1. The van der Waals surface area contributed by atoms with Gasteiger partial charge in [-0.2, -0.15) is 0 Å². The van der Waals surface area contributed by atoms with Gasteiger partial charge in [0.2, 0.25) is 0 Å². The number of carbonyl (C=O) groups excluding carboxylic acids is 2. The van der Waals surface area contributed by atoms with Crippen molar-refractivity contribution >= 4 is 35.0 Å². The lowest BCUT2D eigenvalue weighted by Gasteiger charge is -2.30. The topological polar surface area (TPSA) is 65.6 Å². The molecule has 7 heteroatoms. The summed E-state index contributed by atoms with van der Waals surface area (Å²) in [5.41, 5.74) is 3.94. The number of nitrogens with zero attached hydrogens (tertiary/aromatic N) is 2. The first kappa shape index (κ1) is 22.7. The van der Waals surface area contributed by atoms with Crippen molar-refractivity contribution in [2.24, 2.45) is 11.8 Å². The highest BCUT2D eigenvalue weighted by Crippen LogP contribution is 2.70. The molecule has 1 saturated heterocycles. The summed E-state index contributed by atoms with van der Waals surface area (Å²) < 4.78 is 5.84. The van der Waals surface area contributed by atoms with Crippen LogP contribution in [0.4, 0.5) is 0 Å². The van der Waals surface area contributed by atoms with Crippen LogP contribution < -0.4 is 4.74 Å². The van der Waals surface area contributed by atoms with E-state index in [4.69, 9.17) is 4.74 Å². The van der Waals surface area contributed by atoms with Crippen molar-refractivity contribution < 1.29 is 14.3 Å². The summed E-state index contributed by atoms with van der Waals surface area (Å²) in [5.74, 6) is 1.46. The van der Waals surface area contributed by atoms with Gasteiger partial charge in [0.25, 0.3) is 5.91 Å². The Labute approximate surface area is 205 Å². The number of nitrogens with one attached hydrogen (secondary N) is 1. The number of likely N-dealkylation sites (tertiary alicyclic amines) is 1. The van der Waals surface area contributed by atoms with Crippen LogP contribution >= 0.6 is 12.4 Å². The van der Waals surface area contributed by atoms with Gasteiger partial charge in [-0.05, 0) is 55.8 Å². The molecule has 1 saturated carbocycles. The third kappa shape index (κ3) is 3.12. The molecule has 1 aromatic heterocycles. The van der Waals surface area contributed by atoms with Gasteiger partial charge in [0.15, 0.2) is 5.78 Å². The summed E-state index contributed by atoms with van der Waals surface area (Å²) in [6.07, 6.45) is 1.70. The normalized spacial score (nSPS) is 24.3. The van der Waals surface area contributed by atoms with E-state index in [1.165, 1.54) is 0 Å². The molecule has 3 aromatic rings. The van der Waals surface area contributed by atoms with Crippen molar-refractivity contribution in [3.8, 4) is 5.75 Å². The Morgan fingerprint density at radius 2 is 2.00 bits per heavy atom. The molecule has 1 N–H and O–H groups in total. The van der Waals surface area contributed by atoms with Crippen molar-refractivity contribution in [1.29, 1.82) is 0 Å². The van der Waals surface area contributed by atoms with Crippen LogP contribution in [0, 0.1) is 11.8 Å². The van der Waals surface area contributed by atoms with E-state index in [2.05, 4.69) is 22.9 Å². The summed E-state index contributed by atoms with van der Waals surface area (Å²) in [5, 5.41) is 0.937. The van der Waals surface area contributed by atoms with Crippen molar-refractivity contribution in [3.05, 3.63) is 77.1 Å². The van der Waals surface area contributed by atoms with Crippen molar-refractivity contribution in [2.45, 2.75) is 12.3 Å². The monoisotopic (exact) mass is 477 g/mol. The largest absolute Gasteiger partial charge is 0.492 e. The summed E-state index contributed by atoms with van der Waals surface area (Å²) in [4.78, 5) is 33.6. The minimum Gasteiger partial charge on any atom is -0.492 e. The summed E-state index contributed by atoms with van der Waals surface area (Å²) in [6.45, 7) is 4.31. The molecule has 3 atom stereocenters. The SMILES string of the molecule is C[C@H]1[C@@H]2CN(C(=O)c3cc4cc(OCCN(C)C)ccc4[nH]3)C3=CC(=O)c4ccccc4[C@@]312.Cl. The van der Waals surface area contributed by atoms with Gasteiger partial charge < -0.3 is 19.5 Å². The number of hydrogen-bond acceptors (Lipinski definition) is 4. The number of benzene rings is 2. The van der Waals surface area contributed by atoms with Crippen molar-refractivity contribution in [1.82, 2.24) is 14.8 Å². The lowest BCUT2D eigenvalue weighted by atomic mass is 9.80. The molecule has 1 spiro atoms. The van der Waals surface area contributed by atoms with Crippen LogP contribution in [0.15, 0.2) is 60.3 Å². The van der Waals surface area contributed by atoms with Crippen LogP contribution in [-0.2, 0) is 5.41 Å². The van der Waals surface area contributed by atoms with E-state index in [0.29, 0.717) is 30.7 Å². The van der Waals surface area contributed by atoms with E-state index in [1.54, 1.807) is 6.08 Å². The second kappa shape index (κ2) is 8.00. The van der Waals surface area contributed by atoms with Crippen LogP contribution in [0.5, 0.6) is 5.75 Å². The number of ketones is 1. The van der Waals surface area contributed by atoms with E-state index in [1.807, 2.05) is 61.5 Å². The fraction of sp³-hybridized carbons (Fsp3) is 0.333. The zero-order valence-corrected chi connectivity index (χ0v) is 20.3. The fourth-order valence-electron chi connectivity index (χ4n) is 5.93. The summed E-state index contributed by atoms with van der Waals surface area (Å²) in [6, 6.07) is 15.6. The number of piperidine rings is 1. The number of H-pyrrole nitrogens is 1. The molecule has 34 heavy (non-hydrogen) atoms. The van der Waals surface area contributed by atoms with E-state index >= 15 is 0 Å². The van der Waals surface area contributed by atoms with Crippen LogP contribution in [-0.4, -0.2) is 60.3 Å². The predicted molar refractivity (Wildman–Crippen MR) is 134 cm³/mol. The third-order valence-corrected chi connectivity index (χ3v) is 7.67. The molecular formula is C27H28ClN3O3. The number of aromatic nitrogens is 1. The van der Waals surface area contributed by atoms with Gasteiger partial charge >= 0.3 is 0 Å². The Morgan fingerprint density at radius 3 is 2.79 bits per heavy atom. The lowest BCUT2D eigenvalue weighted by molar-refractivity contribution is 0.0802. The summed E-state index contributed by atoms with van der Waals surface area (Å²) in [7, 11) is 4.02. The smallest absolute Gasteiger partial charge is 0.274 e. The van der Waals surface area contributed by atoms with Gasteiger partial charge in [-0.15, -0.1) is 12.4 Å². The molecule has 6 rings (SSSR count). The molecular weight excluding hydrogens is 450 g/mol. The average Bonchev–Trinajstić information content (AvgIpc) is 3.11. The van der Waals surface area contributed by atoms with E-state index in [0.717, 1.165) is 40.0 Å². The molecule has 1 aliphatic heterocycles. The maximum atomic E-state index is 13.6. The van der Waals surface area contributed by atoms with E-state index in [9.17, 15) is 9.59 Å². The molecule has 6 nitrogen and oxygen atoms in total. The minimum absolute atomic E-state index is 0. The third-order valence-electron chi connectivity index (χ3n) is 7.67. The zero-order chi connectivity index (χ0) is 22.9. The highest BCUT2D eigenvalue weighted by atomic mass is 35.5. The second-order valence-corrected chi connectivity index (χ2v) is 9.70. The Kier molecular flexibility index (Phi) is 5.34. The Bertz CT molecular complexity index is 1340. The minimum atomic E-state index is -0.209. The van der Waals surface area contributed by atoms with Crippen LogP contribution in [0.1, 0.15) is 33.3 Å². The fourth-order valence-corrected chi connectivity index (χ4v) is 5.93. The van der Waals surface area contributed by atoms with Gasteiger partial charge in [0, 0.05) is 46.7 Å². The highest BCUT2D eigenvalue weighted by molar-refractivity contribution is 6.10. The number of hydrogen-bond donors (Lipinski definition) is 1. The Hall–Kier alpha value is -3.09. The van der Waals surface area contributed by atoms with E-state index in [-0.39, 0.29) is 29.5 Å². The van der Waals surface area contributed by atoms with E-state index < -0.39 is 0 Å². The molecule has 2 aromatic carbocycles. The standard InChI is InChI=1S/C27H27N3O3.ClH/c1-16-21-15-30(25-14-24(31)19-6-4-5-7-20(19)27(16,21)25)26(32)23-13-17-12-18(8-9-22(17)28-23)33-11-10-29(2)3;/h4-9,12-14,16,21,28H,10-11,15H2,1-3H3;1H/t16-,21-,27-;/m0./s1. The highest BCUT2D eigenvalue weighted by Gasteiger charge is 2.72. The van der Waals surface area contributed by atoms with Gasteiger partial charge in [0.05, 0.1) is 0 Å². The number of amides is 1. The molecule has 2 heterocycles. The van der Waals surface area contributed by atoms with Crippen LogP contribution in [0.3, 0.4) is 0 Å². The Balaban J connectivity index is 0.00000241. The maximum absolute atomic E-state index is 13.6. The maximum Gasteiger partial charge on any atom is 0.274 e. The zero-order valence-electron chi connectivity index (χ0n) is 19.5. The number of carbonyl (C=O) groups is 2. The molecule has 1 amide bonds. The average molecular weight is 478 g/mol. The predicted octanol–water partition coefficient (Wildman–Crippen LogP) is 4.27. The van der Waals surface area contributed by atoms with Gasteiger partial charge in [-0.1, -0.05) is 31.2 Å². The molecule has 2 fully saturated rings. The number of rotatable bonds is 5. The Morgan fingerprint density at radius 1 is 1.21 bits per heavy atom. The number of allylic oxidation sites excluding steroid dienone is 2. The quantitative estimate of drug-likeness (QED) is 0.596. The number of halogens is 1. The summed E-state index contributed by atoms with van der Waals surface area (Å²) >= 11 is 0. The van der Waals surface area contributed by atoms with Gasteiger partial charge in [-0.3, -0.25) is 9.59 Å².